The minimum atomic E-state index is -1.02. The van der Waals surface area contributed by atoms with Gasteiger partial charge in [0.2, 0.25) is 0 Å². The summed E-state index contributed by atoms with van der Waals surface area (Å²) in [6.07, 6.45) is 1.42. The third kappa shape index (κ3) is 3.93. The van der Waals surface area contributed by atoms with Crippen LogP contribution in [0.25, 0.3) is 0 Å². The van der Waals surface area contributed by atoms with Crippen LogP contribution in [0.3, 0.4) is 0 Å². The van der Waals surface area contributed by atoms with Gasteiger partial charge in [0.25, 0.3) is 5.69 Å². The quantitative estimate of drug-likeness (QED) is 0.512. The van der Waals surface area contributed by atoms with Crippen molar-refractivity contribution >= 4 is 35.0 Å². The van der Waals surface area contributed by atoms with Gasteiger partial charge < -0.3 is 5.11 Å². The molecular weight excluding hydrogens is 316 g/mol. The summed E-state index contributed by atoms with van der Waals surface area (Å²) in [5.41, 5.74) is 0.803. The van der Waals surface area contributed by atoms with Crippen LogP contribution in [0.2, 0.25) is 5.02 Å². The molecule has 1 heterocycles. The molecule has 0 atom stereocenters. The number of aromatic carboxylic acids is 1. The Labute approximate surface area is 128 Å². The van der Waals surface area contributed by atoms with Crippen LogP contribution in [0.4, 0.5) is 5.69 Å². The normalized spacial score (nSPS) is 10.3. The van der Waals surface area contributed by atoms with E-state index in [2.05, 4.69) is 4.98 Å². The van der Waals surface area contributed by atoms with Crippen molar-refractivity contribution in [2.45, 2.75) is 10.8 Å². The fourth-order valence-corrected chi connectivity index (χ4v) is 2.76. The topological polar surface area (TPSA) is 93.3 Å². The summed E-state index contributed by atoms with van der Waals surface area (Å²) in [5.74, 6) is -0.583. The number of pyridine rings is 1. The molecule has 0 fully saturated rings. The van der Waals surface area contributed by atoms with E-state index in [9.17, 15) is 14.9 Å². The van der Waals surface area contributed by atoms with E-state index in [0.717, 1.165) is 5.56 Å². The first-order valence-corrected chi connectivity index (χ1v) is 7.08. The van der Waals surface area contributed by atoms with Crippen LogP contribution in [-0.2, 0) is 5.75 Å². The Bertz CT molecular complexity index is 708. The average Bonchev–Trinajstić information content (AvgIpc) is 2.46. The van der Waals surface area contributed by atoms with Gasteiger partial charge in [-0.15, -0.1) is 11.8 Å². The minimum Gasteiger partial charge on any atom is -0.478 e. The molecule has 6 nitrogen and oxygen atoms in total. The van der Waals surface area contributed by atoms with E-state index in [1.54, 1.807) is 6.07 Å². The molecule has 0 aliphatic heterocycles. The maximum absolute atomic E-state index is 10.9. The zero-order chi connectivity index (χ0) is 15.4. The number of aromatic nitrogens is 1. The summed E-state index contributed by atoms with van der Waals surface area (Å²) in [5, 5.41) is 20.4. The number of nitro groups is 1. The maximum Gasteiger partial charge on any atom is 0.335 e. The number of nitro benzene ring substituents is 1. The second kappa shape index (κ2) is 6.55. The molecule has 1 N–H and O–H groups in total. The van der Waals surface area contributed by atoms with Gasteiger partial charge in [-0.1, -0.05) is 11.6 Å². The highest BCUT2D eigenvalue weighted by atomic mass is 35.5. The van der Waals surface area contributed by atoms with Crippen molar-refractivity contribution in [1.82, 2.24) is 4.98 Å². The van der Waals surface area contributed by atoms with Gasteiger partial charge >= 0.3 is 5.97 Å². The number of thioether (sulfide) groups is 1. The van der Waals surface area contributed by atoms with Crippen molar-refractivity contribution in [3.8, 4) is 0 Å². The molecule has 21 heavy (non-hydrogen) atoms. The lowest BCUT2D eigenvalue weighted by Crippen LogP contribution is -1.97. The molecule has 8 heteroatoms. The molecule has 0 amide bonds. The third-order valence-corrected chi connectivity index (χ3v) is 3.93. The largest absolute Gasteiger partial charge is 0.478 e. The predicted molar refractivity (Wildman–Crippen MR) is 78.9 cm³/mol. The van der Waals surface area contributed by atoms with E-state index in [0.29, 0.717) is 15.8 Å². The summed E-state index contributed by atoms with van der Waals surface area (Å²) < 4.78 is 0. The van der Waals surface area contributed by atoms with E-state index in [-0.39, 0.29) is 11.3 Å². The first-order chi connectivity index (χ1) is 9.97. The molecule has 1 aromatic carbocycles. The van der Waals surface area contributed by atoms with Crippen molar-refractivity contribution < 1.29 is 14.8 Å². The number of hydrogen-bond donors (Lipinski definition) is 1. The molecule has 0 bridgehead atoms. The molecule has 1 aromatic heterocycles. The van der Waals surface area contributed by atoms with Crippen LogP contribution in [0.5, 0.6) is 0 Å². The number of rotatable bonds is 5. The number of benzene rings is 1. The van der Waals surface area contributed by atoms with Crippen LogP contribution in [0, 0.1) is 10.1 Å². The highest BCUT2D eigenvalue weighted by Crippen LogP contribution is 2.28. The summed E-state index contributed by atoms with van der Waals surface area (Å²) in [4.78, 5) is 25.0. The second-order valence-corrected chi connectivity index (χ2v) is 5.41. The molecule has 2 rings (SSSR count). The Morgan fingerprint density at radius 3 is 2.76 bits per heavy atom. The lowest BCUT2D eigenvalue weighted by atomic mass is 10.2. The van der Waals surface area contributed by atoms with Gasteiger partial charge in [-0.3, -0.25) is 10.1 Å². The van der Waals surface area contributed by atoms with Gasteiger partial charge in [0, 0.05) is 24.1 Å². The number of carboxylic acid groups (broad SMARTS) is 1. The van der Waals surface area contributed by atoms with E-state index < -0.39 is 10.9 Å². The molecule has 0 saturated heterocycles. The SMILES string of the molecule is O=C(O)c1ccnc(SCc2ccc([N+](=O)[O-])cc2Cl)c1. The van der Waals surface area contributed by atoms with Crippen molar-refractivity contribution in [2.75, 3.05) is 0 Å². The van der Waals surface area contributed by atoms with Crippen LogP contribution >= 0.6 is 23.4 Å². The van der Waals surface area contributed by atoms with E-state index in [1.165, 1.54) is 42.2 Å². The van der Waals surface area contributed by atoms with E-state index >= 15 is 0 Å². The van der Waals surface area contributed by atoms with Crippen LogP contribution in [0.1, 0.15) is 15.9 Å². The molecular formula is C13H9ClN2O4S. The van der Waals surface area contributed by atoms with Gasteiger partial charge in [-0.25, -0.2) is 9.78 Å². The fourth-order valence-electron chi connectivity index (χ4n) is 1.54. The van der Waals surface area contributed by atoms with Gasteiger partial charge in [0.1, 0.15) is 0 Å². The van der Waals surface area contributed by atoms with Gasteiger partial charge in [-0.2, -0.15) is 0 Å². The maximum atomic E-state index is 10.9. The smallest absolute Gasteiger partial charge is 0.335 e. The molecule has 2 aromatic rings. The highest BCUT2D eigenvalue weighted by molar-refractivity contribution is 7.98. The number of carboxylic acids is 1. The number of halogens is 1. The van der Waals surface area contributed by atoms with E-state index in [1.807, 2.05) is 0 Å². The minimum absolute atomic E-state index is 0.0697. The average molecular weight is 325 g/mol. The Morgan fingerprint density at radius 2 is 2.14 bits per heavy atom. The molecule has 0 radical (unpaired) electrons. The Kier molecular flexibility index (Phi) is 4.77. The van der Waals surface area contributed by atoms with Crippen LogP contribution in [-0.4, -0.2) is 21.0 Å². The van der Waals surface area contributed by atoms with Crippen molar-refractivity contribution in [1.29, 1.82) is 0 Å². The van der Waals surface area contributed by atoms with Gasteiger partial charge in [-0.05, 0) is 23.8 Å². The first kappa shape index (κ1) is 15.3. The summed E-state index contributed by atoms with van der Waals surface area (Å²) in [6, 6.07) is 7.12. The first-order valence-electron chi connectivity index (χ1n) is 5.72. The Morgan fingerprint density at radius 1 is 1.38 bits per heavy atom. The van der Waals surface area contributed by atoms with Crippen molar-refractivity contribution in [2.24, 2.45) is 0 Å². The summed E-state index contributed by atoms with van der Waals surface area (Å²) >= 11 is 7.29. The number of carbonyl (C=O) groups is 1. The molecule has 0 aliphatic rings. The summed E-state index contributed by atoms with van der Waals surface area (Å²) in [7, 11) is 0. The molecule has 0 aliphatic carbocycles. The molecule has 0 unspecified atom stereocenters. The Hall–Kier alpha value is -2.12. The standard InChI is InChI=1S/C13H9ClN2O4S/c14-11-6-10(16(19)20)2-1-9(11)7-21-12-5-8(13(17)18)3-4-15-12/h1-6H,7H2,(H,17,18). The van der Waals surface area contributed by atoms with E-state index in [4.69, 9.17) is 16.7 Å². The molecule has 0 saturated carbocycles. The fraction of sp³-hybridized carbons (Fsp3) is 0.0769. The van der Waals surface area contributed by atoms with Crippen LogP contribution in [0.15, 0.2) is 41.6 Å². The molecule has 0 spiro atoms. The second-order valence-electron chi connectivity index (χ2n) is 4.01. The summed E-state index contributed by atoms with van der Waals surface area (Å²) in [6.45, 7) is 0. The lowest BCUT2D eigenvalue weighted by molar-refractivity contribution is -0.384. The zero-order valence-electron chi connectivity index (χ0n) is 10.5. The Balaban J connectivity index is 2.11. The highest BCUT2D eigenvalue weighted by Gasteiger charge is 2.10. The molecule has 108 valence electrons. The lowest BCUT2D eigenvalue weighted by Gasteiger charge is -2.04. The van der Waals surface area contributed by atoms with Crippen molar-refractivity contribution in [3.63, 3.8) is 0 Å². The number of nitrogens with zero attached hydrogens (tertiary/aromatic N) is 2. The number of hydrogen-bond acceptors (Lipinski definition) is 5. The van der Waals surface area contributed by atoms with Gasteiger partial charge in [0.15, 0.2) is 0 Å². The number of non-ortho nitro benzene ring substituents is 1. The third-order valence-electron chi connectivity index (χ3n) is 2.60. The zero-order valence-corrected chi connectivity index (χ0v) is 12.1. The monoisotopic (exact) mass is 324 g/mol. The van der Waals surface area contributed by atoms with Crippen molar-refractivity contribution in [3.05, 3.63) is 62.8 Å². The van der Waals surface area contributed by atoms with Gasteiger partial charge in [0.05, 0.1) is 20.5 Å². The predicted octanol–water partition coefficient (Wildman–Crippen LogP) is 3.63. The van der Waals surface area contributed by atoms with Crippen LogP contribution < -0.4 is 0 Å².